The minimum Gasteiger partial charge on any atom is -0.508 e. The van der Waals surface area contributed by atoms with Crippen LogP contribution in [0.15, 0.2) is 18.2 Å². The molecule has 1 atom stereocenters. The third-order valence-electron chi connectivity index (χ3n) is 3.83. The number of benzene rings is 1. The second-order valence-corrected chi connectivity index (χ2v) is 5.37. The van der Waals surface area contributed by atoms with Gasteiger partial charge in [-0.25, -0.2) is 0 Å². The standard InChI is InChI=1S/C16H22O4/c1-2-3-4-5-6-10-16(19)15(18)12-8-7-9-14(17)13(12)11-20-16/h7-9,17,19H,2-6,10-11H2,1H3/t16-/m0/s1. The van der Waals surface area contributed by atoms with Crippen molar-refractivity contribution < 1.29 is 19.7 Å². The Morgan fingerprint density at radius 3 is 2.75 bits per heavy atom. The highest BCUT2D eigenvalue weighted by atomic mass is 16.6. The number of unbranched alkanes of at least 4 members (excludes halogenated alkanes) is 4. The van der Waals surface area contributed by atoms with Crippen LogP contribution in [-0.2, 0) is 11.3 Å². The van der Waals surface area contributed by atoms with E-state index in [0.29, 0.717) is 17.5 Å². The molecule has 0 bridgehead atoms. The van der Waals surface area contributed by atoms with E-state index in [4.69, 9.17) is 4.74 Å². The molecule has 0 aliphatic carbocycles. The SMILES string of the molecule is CCCCCCC[C@]1(O)OCc2c(O)cccc2C1=O. The molecule has 110 valence electrons. The van der Waals surface area contributed by atoms with Crippen LogP contribution in [0.1, 0.15) is 61.4 Å². The Hall–Kier alpha value is -1.39. The summed E-state index contributed by atoms with van der Waals surface area (Å²) in [6.07, 6.45) is 5.50. The largest absolute Gasteiger partial charge is 0.508 e. The number of rotatable bonds is 6. The average Bonchev–Trinajstić information content (AvgIpc) is 2.44. The van der Waals surface area contributed by atoms with Gasteiger partial charge >= 0.3 is 0 Å². The first-order valence-electron chi connectivity index (χ1n) is 7.30. The minimum atomic E-state index is -1.73. The van der Waals surface area contributed by atoms with E-state index in [1.54, 1.807) is 12.1 Å². The van der Waals surface area contributed by atoms with Crippen LogP contribution in [0.3, 0.4) is 0 Å². The molecule has 4 heteroatoms. The monoisotopic (exact) mass is 278 g/mol. The maximum absolute atomic E-state index is 12.3. The zero-order valence-corrected chi connectivity index (χ0v) is 11.9. The van der Waals surface area contributed by atoms with Crippen molar-refractivity contribution in [1.82, 2.24) is 0 Å². The van der Waals surface area contributed by atoms with Crippen molar-refractivity contribution in [2.24, 2.45) is 0 Å². The van der Waals surface area contributed by atoms with Crippen LogP contribution >= 0.6 is 0 Å². The number of carbonyl (C=O) groups is 1. The second-order valence-electron chi connectivity index (χ2n) is 5.37. The van der Waals surface area contributed by atoms with Gasteiger partial charge in [-0.2, -0.15) is 0 Å². The molecule has 1 heterocycles. The molecule has 0 unspecified atom stereocenters. The van der Waals surface area contributed by atoms with Crippen molar-refractivity contribution in [3.8, 4) is 5.75 Å². The van der Waals surface area contributed by atoms with E-state index in [2.05, 4.69) is 6.92 Å². The van der Waals surface area contributed by atoms with Crippen molar-refractivity contribution in [2.75, 3.05) is 0 Å². The molecule has 2 rings (SSSR count). The summed E-state index contributed by atoms with van der Waals surface area (Å²) in [5.74, 6) is -2.13. The smallest absolute Gasteiger partial charge is 0.231 e. The molecule has 0 spiro atoms. The topological polar surface area (TPSA) is 66.8 Å². The summed E-state index contributed by atoms with van der Waals surface area (Å²) in [7, 11) is 0. The molecule has 1 aromatic rings. The highest BCUT2D eigenvalue weighted by Crippen LogP contribution is 2.34. The molecule has 1 aliphatic rings. The van der Waals surface area contributed by atoms with E-state index >= 15 is 0 Å². The van der Waals surface area contributed by atoms with Gasteiger partial charge < -0.3 is 14.9 Å². The van der Waals surface area contributed by atoms with Crippen LogP contribution in [-0.4, -0.2) is 21.8 Å². The van der Waals surface area contributed by atoms with Gasteiger partial charge in [0.1, 0.15) is 5.75 Å². The molecule has 0 aromatic heterocycles. The predicted octanol–water partition coefficient (Wildman–Crippen LogP) is 3.15. The van der Waals surface area contributed by atoms with E-state index < -0.39 is 11.6 Å². The molecule has 0 saturated heterocycles. The summed E-state index contributed by atoms with van der Waals surface area (Å²) in [5.41, 5.74) is 0.834. The number of ether oxygens (including phenoxy) is 1. The van der Waals surface area contributed by atoms with E-state index in [-0.39, 0.29) is 12.4 Å². The third kappa shape index (κ3) is 3.02. The maximum atomic E-state index is 12.3. The number of phenolic OH excluding ortho intramolecular Hbond substituents is 1. The average molecular weight is 278 g/mol. The van der Waals surface area contributed by atoms with Crippen molar-refractivity contribution in [3.63, 3.8) is 0 Å². The Balaban J connectivity index is 2.02. The Morgan fingerprint density at radius 2 is 2.00 bits per heavy atom. The van der Waals surface area contributed by atoms with E-state index in [1.165, 1.54) is 12.5 Å². The van der Waals surface area contributed by atoms with E-state index in [9.17, 15) is 15.0 Å². The van der Waals surface area contributed by atoms with Crippen molar-refractivity contribution in [2.45, 2.75) is 57.8 Å². The zero-order chi connectivity index (χ0) is 14.6. The fraction of sp³-hybridized carbons (Fsp3) is 0.562. The van der Waals surface area contributed by atoms with Crippen LogP contribution < -0.4 is 0 Å². The summed E-state index contributed by atoms with van der Waals surface area (Å²) in [5, 5.41) is 20.1. The number of fused-ring (bicyclic) bond motifs is 1. The lowest BCUT2D eigenvalue weighted by atomic mass is 9.91. The summed E-state index contributed by atoms with van der Waals surface area (Å²) < 4.78 is 5.34. The van der Waals surface area contributed by atoms with Gasteiger partial charge in [0.15, 0.2) is 0 Å². The van der Waals surface area contributed by atoms with Gasteiger partial charge in [0, 0.05) is 17.5 Å². The third-order valence-corrected chi connectivity index (χ3v) is 3.83. The minimum absolute atomic E-state index is 0.0424. The lowest BCUT2D eigenvalue weighted by molar-refractivity contribution is -0.183. The first kappa shape index (κ1) is 15.0. The highest BCUT2D eigenvalue weighted by molar-refractivity contribution is 6.03. The Kier molecular flexibility index (Phi) is 4.78. The Labute approximate surface area is 119 Å². The van der Waals surface area contributed by atoms with Gasteiger partial charge in [0.25, 0.3) is 0 Å². The molecular formula is C16H22O4. The molecule has 2 N–H and O–H groups in total. The molecule has 0 radical (unpaired) electrons. The first-order chi connectivity index (χ1) is 9.58. The summed E-state index contributed by atoms with van der Waals surface area (Å²) in [4.78, 5) is 12.3. The number of ketones is 1. The normalized spacial score (nSPS) is 21.8. The number of carbonyl (C=O) groups excluding carboxylic acids is 1. The van der Waals surface area contributed by atoms with Gasteiger partial charge in [0.2, 0.25) is 11.6 Å². The van der Waals surface area contributed by atoms with Crippen molar-refractivity contribution in [3.05, 3.63) is 29.3 Å². The van der Waals surface area contributed by atoms with Crippen LogP contribution in [0.25, 0.3) is 0 Å². The summed E-state index contributed by atoms with van der Waals surface area (Å²) in [6.45, 7) is 2.21. The number of aromatic hydroxyl groups is 1. The van der Waals surface area contributed by atoms with Crippen molar-refractivity contribution in [1.29, 1.82) is 0 Å². The van der Waals surface area contributed by atoms with Gasteiger partial charge in [-0.1, -0.05) is 44.7 Å². The quantitative estimate of drug-likeness (QED) is 0.784. The number of hydrogen-bond acceptors (Lipinski definition) is 4. The molecule has 4 nitrogen and oxygen atoms in total. The van der Waals surface area contributed by atoms with Crippen LogP contribution in [0.5, 0.6) is 5.75 Å². The molecule has 1 aliphatic heterocycles. The Morgan fingerprint density at radius 1 is 1.25 bits per heavy atom. The van der Waals surface area contributed by atoms with E-state index in [0.717, 1.165) is 25.7 Å². The molecule has 0 amide bonds. The fourth-order valence-corrected chi connectivity index (χ4v) is 2.56. The zero-order valence-electron chi connectivity index (χ0n) is 11.9. The molecule has 0 fully saturated rings. The first-order valence-corrected chi connectivity index (χ1v) is 7.30. The number of Topliss-reactive ketones (excluding diaryl/α,β-unsaturated/α-hetero) is 1. The van der Waals surface area contributed by atoms with Crippen LogP contribution in [0.2, 0.25) is 0 Å². The van der Waals surface area contributed by atoms with Gasteiger partial charge in [-0.3, -0.25) is 4.79 Å². The second kappa shape index (κ2) is 6.37. The summed E-state index contributed by atoms with van der Waals surface area (Å²) in [6, 6.07) is 4.76. The molecule has 20 heavy (non-hydrogen) atoms. The lowest BCUT2D eigenvalue weighted by Crippen LogP contribution is -2.44. The lowest BCUT2D eigenvalue weighted by Gasteiger charge is -2.32. The highest BCUT2D eigenvalue weighted by Gasteiger charge is 2.42. The number of phenols is 1. The molecular weight excluding hydrogens is 256 g/mol. The van der Waals surface area contributed by atoms with Gasteiger partial charge in [0.05, 0.1) is 6.61 Å². The van der Waals surface area contributed by atoms with Crippen molar-refractivity contribution >= 4 is 5.78 Å². The van der Waals surface area contributed by atoms with Gasteiger partial charge in [-0.05, 0) is 12.5 Å². The summed E-state index contributed by atoms with van der Waals surface area (Å²) >= 11 is 0. The number of hydrogen-bond donors (Lipinski definition) is 2. The predicted molar refractivity (Wildman–Crippen MR) is 75.6 cm³/mol. The molecule has 1 aromatic carbocycles. The fourth-order valence-electron chi connectivity index (χ4n) is 2.56. The Bertz CT molecular complexity index is 483. The van der Waals surface area contributed by atoms with E-state index in [1.807, 2.05) is 0 Å². The van der Waals surface area contributed by atoms with Gasteiger partial charge in [-0.15, -0.1) is 0 Å². The molecule has 0 saturated carbocycles. The van der Waals surface area contributed by atoms with Crippen LogP contribution in [0.4, 0.5) is 0 Å². The van der Waals surface area contributed by atoms with Crippen LogP contribution in [0, 0.1) is 0 Å². The maximum Gasteiger partial charge on any atom is 0.231 e. The number of aliphatic hydroxyl groups is 1.